The van der Waals surface area contributed by atoms with Crippen LogP contribution in [-0.2, 0) is 11.2 Å². The highest BCUT2D eigenvalue weighted by molar-refractivity contribution is 6.30. The Bertz CT molecular complexity index is 540. The molecule has 0 aromatic carbocycles. The molecule has 1 aliphatic rings. The molecule has 0 saturated heterocycles. The molecule has 1 aromatic rings. The first-order valence-electron chi connectivity index (χ1n) is 5.84. The van der Waals surface area contributed by atoms with Crippen molar-refractivity contribution < 1.29 is 14.3 Å². The monoisotopic (exact) mass is 283 g/mol. The first-order valence-corrected chi connectivity index (χ1v) is 6.21. The maximum atomic E-state index is 12.2. The highest BCUT2D eigenvalue weighted by atomic mass is 35.5. The van der Waals surface area contributed by atoms with E-state index in [0.29, 0.717) is 12.0 Å². The summed E-state index contributed by atoms with van der Waals surface area (Å²) in [7, 11) is 0. The van der Waals surface area contributed by atoms with Crippen LogP contribution >= 0.6 is 11.6 Å². The Balaban J connectivity index is 2.25. The lowest BCUT2D eigenvalue weighted by atomic mass is 10.1. The number of ether oxygens (including phenoxy) is 1. The van der Waals surface area contributed by atoms with E-state index in [1.54, 1.807) is 20.8 Å². The average Bonchev–Trinajstić information content (AvgIpc) is 2.28. The van der Waals surface area contributed by atoms with Crippen molar-refractivity contribution >= 4 is 23.6 Å². The highest BCUT2D eigenvalue weighted by Gasteiger charge is 2.34. The van der Waals surface area contributed by atoms with Crippen molar-refractivity contribution in [3.63, 3.8) is 0 Å². The van der Waals surface area contributed by atoms with E-state index in [1.165, 1.54) is 6.33 Å². The van der Waals surface area contributed by atoms with Gasteiger partial charge in [0.25, 0.3) is 5.91 Å². The summed E-state index contributed by atoms with van der Waals surface area (Å²) in [5.41, 5.74) is 0.0899. The first-order chi connectivity index (χ1) is 8.79. The highest BCUT2D eigenvalue weighted by Crippen LogP contribution is 2.23. The molecule has 0 N–H and O–H groups in total. The van der Waals surface area contributed by atoms with Gasteiger partial charge in [-0.1, -0.05) is 11.6 Å². The predicted octanol–water partition coefficient (Wildman–Crippen LogP) is 2.06. The van der Waals surface area contributed by atoms with Gasteiger partial charge in [-0.2, -0.15) is 0 Å². The van der Waals surface area contributed by atoms with E-state index in [4.69, 9.17) is 16.3 Å². The number of hydrogen-bond acceptors (Lipinski definition) is 5. The number of rotatable bonds is 0. The lowest BCUT2D eigenvalue weighted by Gasteiger charge is -2.29. The summed E-state index contributed by atoms with van der Waals surface area (Å²) in [4.78, 5) is 32.9. The van der Waals surface area contributed by atoms with Gasteiger partial charge in [-0.15, -0.1) is 0 Å². The fraction of sp³-hybridized carbons (Fsp3) is 0.500. The van der Waals surface area contributed by atoms with Crippen LogP contribution in [0.5, 0.6) is 0 Å². The Hall–Kier alpha value is -1.69. The number of nitrogens with zero attached hydrogens (tertiary/aromatic N) is 3. The maximum absolute atomic E-state index is 12.2. The van der Waals surface area contributed by atoms with Gasteiger partial charge in [0, 0.05) is 12.1 Å². The molecule has 1 aliphatic heterocycles. The van der Waals surface area contributed by atoms with Gasteiger partial charge in [-0.05, 0) is 27.2 Å². The van der Waals surface area contributed by atoms with E-state index in [2.05, 4.69) is 9.97 Å². The molecular weight excluding hydrogens is 270 g/mol. The molecule has 0 bridgehead atoms. The van der Waals surface area contributed by atoms with Crippen molar-refractivity contribution in [3.8, 4) is 0 Å². The van der Waals surface area contributed by atoms with Crippen LogP contribution in [0.2, 0.25) is 5.15 Å². The third kappa shape index (κ3) is 2.84. The summed E-state index contributed by atoms with van der Waals surface area (Å²) in [6.45, 7) is 5.44. The van der Waals surface area contributed by atoms with E-state index in [1.807, 2.05) is 0 Å². The minimum atomic E-state index is -0.669. The Kier molecular flexibility index (Phi) is 3.45. The summed E-state index contributed by atoms with van der Waals surface area (Å²) < 4.78 is 5.18. The number of aromatic nitrogens is 2. The van der Waals surface area contributed by atoms with E-state index in [-0.39, 0.29) is 17.4 Å². The Labute approximate surface area is 115 Å². The quantitative estimate of drug-likeness (QED) is 0.682. The van der Waals surface area contributed by atoms with Crippen molar-refractivity contribution in [2.45, 2.75) is 32.8 Å². The Morgan fingerprint density at radius 1 is 1.42 bits per heavy atom. The van der Waals surface area contributed by atoms with Crippen LogP contribution in [0.15, 0.2) is 6.33 Å². The summed E-state index contributed by atoms with van der Waals surface area (Å²) in [5, 5.41) is 0.252. The lowest BCUT2D eigenvalue weighted by Crippen LogP contribution is -2.45. The first kappa shape index (κ1) is 13.7. The van der Waals surface area contributed by atoms with Crippen LogP contribution in [0.25, 0.3) is 0 Å². The van der Waals surface area contributed by atoms with Crippen molar-refractivity contribution in [1.29, 1.82) is 0 Å². The molecule has 19 heavy (non-hydrogen) atoms. The smallest absolute Gasteiger partial charge is 0.417 e. The van der Waals surface area contributed by atoms with Gasteiger partial charge in [-0.25, -0.2) is 19.7 Å². The minimum absolute atomic E-state index is 0.164. The second-order valence-corrected chi connectivity index (χ2v) is 5.54. The molecule has 0 spiro atoms. The number of imide groups is 1. The summed E-state index contributed by atoms with van der Waals surface area (Å²) in [6.07, 6.45) is 0.968. The zero-order valence-electron chi connectivity index (χ0n) is 10.9. The summed E-state index contributed by atoms with van der Waals surface area (Å²) in [5.74, 6) is -0.500. The van der Waals surface area contributed by atoms with Gasteiger partial charge in [0.15, 0.2) is 0 Å². The Morgan fingerprint density at radius 2 is 2.11 bits per heavy atom. The van der Waals surface area contributed by atoms with Gasteiger partial charge >= 0.3 is 6.09 Å². The molecule has 2 heterocycles. The minimum Gasteiger partial charge on any atom is -0.443 e. The standard InChI is InChI=1S/C12H14ClN3O3/c1-12(2,3)19-11(18)16-5-4-7-8(10(16)17)14-6-15-9(7)13/h6H,4-5H2,1-3H3. The van der Waals surface area contributed by atoms with Crippen molar-refractivity contribution in [2.75, 3.05) is 6.54 Å². The summed E-state index contributed by atoms with van der Waals surface area (Å²) >= 11 is 5.90. The zero-order valence-corrected chi connectivity index (χ0v) is 11.7. The number of fused-ring (bicyclic) bond motifs is 1. The molecule has 0 saturated carbocycles. The van der Waals surface area contributed by atoms with Gasteiger partial charge in [0.2, 0.25) is 0 Å². The molecule has 2 amide bonds. The van der Waals surface area contributed by atoms with Crippen LogP contribution < -0.4 is 0 Å². The molecule has 2 rings (SSSR count). The zero-order chi connectivity index (χ0) is 14.2. The fourth-order valence-electron chi connectivity index (χ4n) is 1.74. The van der Waals surface area contributed by atoms with Gasteiger partial charge < -0.3 is 4.74 Å². The fourth-order valence-corrected chi connectivity index (χ4v) is 1.97. The SMILES string of the molecule is CC(C)(C)OC(=O)N1CCc2c(Cl)ncnc2C1=O. The van der Waals surface area contributed by atoms with Crippen molar-refractivity contribution in [2.24, 2.45) is 0 Å². The maximum Gasteiger partial charge on any atom is 0.417 e. The molecule has 1 aromatic heterocycles. The van der Waals surface area contributed by atoms with E-state index in [9.17, 15) is 9.59 Å². The van der Waals surface area contributed by atoms with Crippen molar-refractivity contribution in [3.05, 3.63) is 22.7 Å². The molecule has 102 valence electrons. The van der Waals surface area contributed by atoms with E-state index < -0.39 is 17.6 Å². The van der Waals surface area contributed by atoms with Gasteiger partial charge in [-0.3, -0.25) is 4.79 Å². The van der Waals surface area contributed by atoms with Crippen molar-refractivity contribution in [1.82, 2.24) is 14.9 Å². The predicted molar refractivity (Wildman–Crippen MR) is 68.0 cm³/mol. The van der Waals surface area contributed by atoms with Crippen LogP contribution in [0.1, 0.15) is 36.8 Å². The largest absolute Gasteiger partial charge is 0.443 e. The van der Waals surface area contributed by atoms with E-state index in [0.717, 1.165) is 4.90 Å². The Morgan fingerprint density at radius 3 is 2.74 bits per heavy atom. The third-order valence-corrected chi connectivity index (χ3v) is 2.87. The van der Waals surface area contributed by atoms with Crippen LogP contribution in [0.3, 0.4) is 0 Å². The third-order valence-electron chi connectivity index (χ3n) is 2.54. The number of carbonyl (C=O) groups excluding carboxylic acids is 2. The summed E-state index contributed by atoms with van der Waals surface area (Å²) in [6, 6.07) is 0. The van der Waals surface area contributed by atoms with Crippen LogP contribution in [-0.4, -0.2) is 39.0 Å². The molecule has 0 aliphatic carbocycles. The molecule has 7 heteroatoms. The van der Waals surface area contributed by atoms with Crippen LogP contribution in [0.4, 0.5) is 4.79 Å². The van der Waals surface area contributed by atoms with Gasteiger partial charge in [0.05, 0.1) is 0 Å². The molecular formula is C12H14ClN3O3. The molecule has 6 nitrogen and oxygen atoms in total. The van der Waals surface area contributed by atoms with E-state index >= 15 is 0 Å². The van der Waals surface area contributed by atoms with Gasteiger partial charge in [0.1, 0.15) is 22.8 Å². The normalized spacial score (nSPS) is 15.2. The average molecular weight is 284 g/mol. The molecule has 0 unspecified atom stereocenters. The molecule has 0 radical (unpaired) electrons. The number of halogens is 1. The second kappa shape index (κ2) is 4.77. The molecule has 0 atom stereocenters. The molecule has 0 fully saturated rings. The second-order valence-electron chi connectivity index (χ2n) is 5.18. The van der Waals surface area contributed by atoms with Crippen LogP contribution in [0, 0.1) is 0 Å². The number of carbonyl (C=O) groups is 2. The lowest BCUT2D eigenvalue weighted by molar-refractivity contribution is 0.0231. The number of amides is 2. The number of hydrogen-bond donors (Lipinski definition) is 0. The topological polar surface area (TPSA) is 72.4 Å².